The number of aromatic nitrogens is 4. The number of likely N-dealkylation sites (N-methyl/N-ethyl adjacent to an activating group) is 1. The quantitative estimate of drug-likeness (QED) is 0.0713. The topological polar surface area (TPSA) is 227 Å². The summed E-state index contributed by atoms with van der Waals surface area (Å²) in [5.41, 5.74) is 2.28. The number of urea groups is 1. The van der Waals surface area contributed by atoms with Crippen molar-refractivity contribution in [1.29, 1.82) is 0 Å². The number of aryl methyl sites for hydroxylation is 1. The van der Waals surface area contributed by atoms with E-state index in [0.717, 1.165) is 4.90 Å². The summed E-state index contributed by atoms with van der Waals surface area (Å²) >= 11 is 2.62. The highest BCUT2D eigenvalue weighted by Crippen LogP contribution is 2.43. The van der Waals surface area contributed by atoms with E-state index in [0.29, 0.717) is 27.4 Å². The molecule has 0 saturated carbocycles. The fourth-order valence-corrected chi connectivity index (χ4v) is 9.58. The van der Waals surface area contributed by atoms with Crippen LogP contribution in [0.4, 0.5) is 9.59 Å². The summed E-state index contributed by atoms with van der Waals surface area (Å²) in [6.07, 6.45) is -1.44. The molecule has 7 amide bonds. The summed E-state index contributed by atoms with van der Waals surface area (Å²) in [7, 11) is 1.69. The van der Waals surface area contributed by atoms with Crippen LogP contribution in [0.5, 0.6) is 0 Å². The van der Waals surface area contributed by atoms with Gasteiger partial charge in [-0.25, -0.2) is 19.1 Å². The molecule has 3 N–H and O–H groups in total. The van der Waals surface area contributed by atoms with Gasteiger partial charge in [-0.2, -0.15) is 0 Å². The highest BCUT2D eigenvalue weighted by Gasteiger charge is 2.55. The summed E-state index contributed by atoms with van der Waals surface area (Å²) in [6, 6.07) is 21.3. The van der Waals surface area contributed by atoms with Gasteiger partial charge < -0.3 is 30.3 Å². The number of nitrogens with zero attached hydrogens (tertiary/aromatic N) is 7. The molecule has 7 rings (SSSR count). The number of amides is 7. The zero-order chi connectivity index (χ0) is 46.4. The Bertz CT molecular complexity index is 2440. The van der Waals surface area contributed by atoms with Crippen molar-refractivity contribution in [2.75, 3.05) is 31.1 Å². The second-order valence-electron chi connectivity index (χ2n) is 16.1. The molecule has 19 nitrogen and oxygen atoms in total. The van der Waals surface area contributed by atoms with Crippen molar-refractivity contribution in [2.45, 2.75) is 68.6 Å². The number of thioether (sulfide) groups is 2. The first-order valence-corrected chi connectivity index (χ1v) is 22.8. The van der Waals surface area contributed by atoms with Crippen molar-refractivity contribution in [3.05, 3.63) is 118 Å². The average molecular weight is 925 g/mol. The lowest BCUT2D eigenvalue weighted by Crippen LogP contribution is -2.71. The zero-order valence-corrected chi connectivity index (χ0v) is 37.9. The smallest absolute Gasteiger partial charge is 0.407 e. The lowest BCUT2D eigenvalue weighted by molar-refractivity contribution is -0.155. The fourth-order valence-electron chi connectivity index (χ4n) is 7.25. The van der Waals surface area contributed by atoms with Crippen LogP contribution in [-0.2, 0) is 47.0 Å². The minimum absolute atomic E-state index is 0.0403. The average Bonchev–Trinajstić information content (AvgIpc) is 3.72. The van der Waals surface area contributed by atoms with Crippen LogP contribution in [0.3, 0.4) is 0 Å². The lowest BCUT2D eigenvalue weighted by Gasteiger charge is -2.50. The third-order valence-corrected chi connectivity index (χ3v) is 13.0. The molecule has 2 fully saturated rings. The molecule has 3 atom stereocenters. The van der Waals surface area contributed by atoms with Gasteiger partial charge in [0.2, 0.25) is 11.1 Å². The molecular formula is C44H48N10O9S2. The first-order chi connectivity index (χ1) is 31.1. The number of carbonyl (C=O) groups is 7. The van der Waals surface area contributed by atoms with E-state index in [1.54, 1.807) is 59.0 Å². The van der Waals surface area contributed by atoms with Gasteiger partial charge in [0.15, 0.2) is 6.10 Å². The fraction of sp³-hybridized carbons (Fsp3) is 0.364. The van der Waals surface area contributed by atoms with Gasteiger partial charge >= 0.3 is 29.9 Å². The number of imide groups is 1. The Labute approximate surface area is 383 Å². The lowest BCUT2D eigenvalue weighted by atomic mass is 9.99. The van der Waals surface area contributed by atoms with Crippen molar-refractivity contribution in [3.8, 4) is 0 Å². The van der Waals surface area contributed by atoms with E-state index in [2.05, 4.69) is 31.5 Å². The number of tetrazole rings is 1. The number of alkyl carbamates (subject to hydrolysis) is 1. The van der Waals surface area contributed by atoms with Gasteiger partial charge in [-0.1, -0.05) is 96.7 Å². The van der Waals surface area contributed by atoms with Gasteiger partial charge in [0, 0.05) is 44.7 Å². The number of hydrogen-bond acceptors (Lipinski definition) is 14. The monoisotopic (exact) mass is 924 g/mol. The van der Waals surface area contributed by atoms with E-state index < -0.39 is 70.9 Å². The molecule has 0 aliphatic carbocycles. The standard InChI is InChI=1S/C44H48N10O9S2/c1-6-52-21-22-53(38(58)37(52)57)41(60)47-31(27-19-17-26(18-20-27)23-45-43(61)63-44(2,3)4)35(55)46-32-36(56)54-33(30(24-64-39(32)54)25-65-42-48-49-50-51(42)5)40(59)62-34(28-13-9-7-10-14-28)29-15-11-8-12-16-29/h7-20,31-32,34,39H,6,21-25H2,1-5H3,(H,45,61)(H,46,55)(H,47,60)/t31-,32+,39-/m0/s1. The van der Waals surface area contributed by atoms with Crippen LogP contribution in [0.2, 0.25) is 0 Å². The first-order valence-electron chi connectivity index (χ1n) is 20.7. The molecule has 1 aromatic heterocycles. The minimum atomic E-state index is -1.46. The molecule has 4 heterocycles. The molecule has 0 unspecified atom stereocenters. The summed E-state index contributed by atoms with van der Waals surface area (Å²) in [4.78, 5) is 98.3. The Morgan fingerprint density at radius 3 is 2.15 bits per heavy atom. The number of fused-ring (bicyclic) bond motifs is 1. The third kappa shape index (κ3) is 10.6. The second-order valence-corrected chi connectivity index (χ2v) is 18.2. The van der Waals surface area contributed by atoms with Crippen molar-refractivity contribution in [3.63, 3.8) is 0 Å². The molecule has 0 radical (unpaired) electrons. The number of hydrogen-bond donors (Lipinski definition) is 3. The van der Waals surface area contributed by atoms with Crippen LogP contribution in [-0.4, -0.2) is 125 Å². The molecule has 0 bridgehead atoms. The molecule has 21 heteroatoms. The zero-order valence-electron chi connectivity index (χ0n) is 36.3. The molecule has 3 aromatic carbocycles. The predicted octanol–water partition coefficient (Wildman–Crippen LogP) is 3.46. The molecule has 3 aliphatic heterocycles. The van der Waals surface area contributed by atoms with E-state index in [4.69, 9.17) is 9.47 Å². The van der Waals surface area contributed by atoms with Crippen LogP contribution >= 0.6 is 23.5 Å². The van der Waals surface area contributed by atoms with Crippen LogP contribution in [0.25, 0.3) is 0 Å². The first kappa shape index (κ1) is 46.3. The van der Waals surface area contributed by atoms with E-state index in [9.17, 15) is 33.6 Å². The van der Waals surface area contributed by atoms with Gasteiger partial charge in [-0.15, -0.1) is 16.9 Å². The second kappa shape index (κ2) is 20.0. The van der Waals surface area contributed by atoms with E-state index in [-0.39, 0.29) is 48.9 Å². The number of benzene rings is 3. The van der Waals surface area contributed by atoms with Gasteiger partial charge in [-0.05, 0) is 65.9 Å². The van der Waals surface area contributed by atoms with Crippen LogP contribution in [0.15, 0.2) is 101 Å². The van der Waals surface area contributed by atoms with E-state index >= 15 is 0 Å². The van der Waals surface area contributed by atoms with Crippen LogP contribution in [0.1, 0.15) is 62.1 Å². The Balaban J connectivity index is 1.14. The largest absolute Gasteiger partial charge is 0.448 e. The molecule has 4 aromatic rings. The number of nitrogens with one attached hydrogen (secondary N) is 3. The number of β-lactam (4-membered cyclic amide) rings is 1. The van der Waals surface area contributed by atoms with Crippen molar-refractivity contribution < 1.29 is 43.0 Å². The maximum atomic E-state index is 14.5. The molecule has 3 aliphatic rings. The summed E-state index contributed by atoms with van der Waals surface area (Å²) in [5, 5.41) is 19.4. The number of piperazine rings is 1. The third-order valence-electron chi connectivity index (χ3n) is 10.5. The number of ether oxygens (including phenoxy) is 2. The highest BCUT2D eigenvalue weighted by molar-refractivity contribution is 8.01. The van der Waals surface area contributed by atoms with Crippen molar-refractivity contribution in [2.24, 2.45) is 7.05 Å². The molecule has 0 spiro atoms. The Hall–Kier alpha value is -6.74. The van der Waals surface area contributed by atoms with Crippen molar-refractivity contribution >= 4 is 65.2 Å². The number of esters is 1. The SMILES string of the molecule is CCN1CCN(C(=O)N[C@H](C(=O)N[C@@H]2C(=O)N3C(C(=O)OC(c4ccccc4)c4ccccc4)=C(CSc4nnnn4C)CS[C@@H]23)c2ccc(CNC(=O)OC(C)(C)C)cc2)C(=O)C1=O. The highest BCUT2D eigenvalue weighted by atomic mass is 32.2. The van der Waals surface area contributed by atoms with Crippen LogP contribution < -0.4 is 16.0 Å². The molecule has 2 saturated heterocycles. The number of carbonyl (C=O) groups excluding carboxylic acids is 7. The van der Waals surface area contributed by atoms with Gasteiger partial charge in [0.1, 0.15) is 28.8 Å². The minimum Gasteiger partial charge on any atom is -0.448 e. The maximum Gasteiger partial charge on any atom is 0.407 e. The van der Waals surface area contributed by atoms with Crippen molar-refractivity contribution in [1.82, 2.24) is 50.9 Å². The Kier molecular flexibility index (Phi) is 14.2. The van der Waals surface area contributed by atoms with E-state index in [1.165, 1.54) is 38.0 Å². The Morgan fingerprint density at radius 2 is 1.55 bits per heavy atom. The summed E-state index contributed by atoms with van der Waals surface area (Å²) in [6.45, 7) is 7.32. The predicted molar refractivity (Wildman–Crippen MR) is 237 cm³/mol. The number of rotatable bonds is 14. The van der Waals surface area contributed by atoms with Gasteiger partial charge in [-0.3, -0.25) is 29.0 Å². The van der Waals surface area contributed by atoms with Gasteiger partial charge in [0.05, 0.1) is 0 Å². The molecule has 65 heavy (non-hydrogen) atoms. The van der Waals surface area contributed by atoms with Crippen LogP contribution in [0, 0.1) is 0 Å². The maximum absolute atomic E-state index is 14.5. The molecular weight excluding hydrogens is 877 g/mol. The van der Waals surface area contributed by atoms with Gasteiger partial charge in [0.25, 0.3) is 5.91 Å². The normalized spacial score (nSPS) is 17.9. The molecule has 340 valence electrons. The van der Waals surface area contributed by atoms with E-state index in [1.807, 2.05) is 60.7 Å². The summed E-state index contributed by atoms with van der Waals surface area (Å²) < 4.78 is 13.1. The Morgan fingerprint density at radius 1 is 0.892 bits per heavy atom. The summed E-state index contributed by atoms with van der Waals surface area (Å²) in [5.74, 6) is -3.49.